The van der Waals surface area contributed by atoms with E-state index in [0.717, 1.165) is 17.9 Å². The summed E-state index contributed by atoms with van der Waals surface area (Å²) in [5.41, 5.74) is 2.09. The minimum atomic E-state index is -0.184. The Bertz CT molecular complexity index is 1040. The van der Waals surface area contributed by atoms with Gasteiger partial charge < -0.3 is 9.32 Å². The largest absolute Gasteiger partial charge is 0.407 e. The monoisotopic (exact) mass is 436 g/mol. The van der Waals surface area contributed by atoms with E-state index in [9.17, 15) is 9.59 Å². The third-order valence-corrected chi connectivity index (χ3v) is 6.17. The van der Waals surface area contributed by atoms with Gasteiger partial charge >= 0.3 is 6.01 Å². The highest BCUT2D eigenvalue weighted by molar-refractivity contribution is 7.99. The van der Waals surface area contributed by atoms with Gasteiger partial charge in [0.15, 0.2) is 0 Å². The summed E-state index contributed by atoms with van der Waals surface area (Å²) in [5.74, 6) is 0.901. The van der Waals surface area contributed by atoms with E-state index >= 15 is 0 Å². The number of rotatable bonds is 8. The topological polar surface area (TPSA) is 88.3 Å². The lowest BCUT2D eigenvalue weighted by molar-refractivity contribution is -0.117. The van der Waals surface area contributed by atoms with E-state index in [2.05, 4.69) is 46.7 Å². The summed E-state index contributed by atoms with van der Waals surface area (Å²) in [6.07, 6.45) is 1.43. The van der Waals surface area contributed by atoms with E-state index in [4.69, 9.17) is 4.42 Å². The summed E-state index contributed by atoms with van der Waals surface area (Å²) in [7, 11) is 0. The first-order chi connectivity index (χ1) is 15.1. The predicted molar refractivity (Wildman–Crippen MR) is 120 cm³/mol. The zero-order valence-electron chi connectivity index (χ0n) is 17.3. The molecule has 1 unspecified atom stereocenters. The van der Waals surface area contributed by atoms with Crippen molar-refractivity contribution in [1.29, 1.82) is 0 Å². The van der Waals surface area contributed by atoms with Crippen molar-refractivity contribution in [2.75, 3.05) is 22.5 Å². The maximum Gasteiger partial charge on any atom is 0.322 e. The van der Waals surface area contributed by atoms with E-state index in [0.29, 0.717) is 25.3 Å². The first-order valence-electron chi connectivity index (χ1n) is 10.3. The zero-order valence-corrected chi connectivity index (χ0v) is 18.1. The summed E-state index contributed by atoms with van der Waals surface area (Å²) in [6.45, 7) is 2.54. The van der Waals surface area contributed by atoms with E-state index in [1.54, 1.807) is 16.7 Å². The number of carbonyl (C=O) groups is 2. The second-order valence-corrected chi connectivity index (χ2v) is 8.67. The van der Waals surface area contributed by atoms with Gasteiger partial charge in [0.25, 0.3) is 0 Å². The van der Waals surface area contributed by atoms with Gasteiger partial charge in [0.2, 0.25) is 17.7 Å². The summed E-state index contributed by atoms with van der Waals surface area (Å²) in [5, 5.41) is 10.6. The molecule has 0 saturated carbocycles. The molecule has 4 rings (SSSR count). The van der Waals surface area contributed by atoms with Crippen LogP contribution in [0.15, 0.2) is 63.9 Å². The Hall–Kier alpha value is -3.13. The molecule has 8 heteroatoms. The number of amides is 2. The molecule has 160 valence electrons. The number of anilines is 2. The van der Waals surface area contributed by atoms with Crippen LogP contribution in [0.2, 0.25) is 0 Å². The molecule has 0 bridgehead atoms. The number of carbonyl (C=O) groups excluding carboxylic acids is 2. The Labute approximate surface area is 185 Å². The molecule has 0 spiro atoms. The van der Waals surface area contributed by atoms with Gasteiger partial charge in [0, 0.05) is 30.0 Å². The quantitative estimate of drug-likeness (QED) is 0.416. The molecular formula is C23H24N4O3S. The fraction of sp³-hybridized carbons (Fsp3) is 0.304. The average Bonchev–Trinajstić information content (AvgIpc) is 3.39. The summed E-state index contributed by atoms with van der Waals surface area (Å²) >= 11 is 1.73. The SMILES string of the molecule is Cc1ccc(SCCCC(=O)Nc2nnc(C3CC(=O)N(c4ccccc4)C3)o2)cc1. The Balaban J connectivity index is 1.24. The molecule has 2 heterocycles. The van der Waals surface area contributed by atoms with Crippen LogP contribution in [0.3, 0.4) is 0 Å². The van der Waals surface area contributed by atoms with Crippen molar-refractivity contribution in [2.24, 2.45) is 0 Å². The average molecular weight is 437 g/mol. The molecule has 1 aliphatic rings. The second-order valence-electron chi connectivity index (χ2n) is 7.50. The molecule has 7 nitrogen and oxygen atoms in total. The van der Waals surface area contributed by atoms with Crippen molar-refractivity contribution in [3.05, 3.63) is 66.1 Å². The number of thioether (sulfide) groups is 1. The van der Waals surface area contributed by atoms with Gasteiger partial charge in [0.05, 0.1) is 5.92 Å². The molecule has 1 aliphatic heterocycles. The smallest absolute Gasteiger partial charge is 0.322 e. The highest BCUT2D eigenvalue weighted by atomic mass is 32.2. The first kappa shape index (κ1) is 21.1. The normalized spacial score (nSPS) is 16.0. The van der Waals surface area contributed by atoms with E-state index in [-0.39, 0.29) is 23.7 Å². The standard InChI is InChI=1S/C23H24N4O3S/c1-16-9-11-19(12-10-16)31-13-5-8-20(28)24-23-26-25-22(30-23)17-14-21(29)27(15-17)18-6-3-2-4-7-18/h2-4,6-7,9-12,17H,5,8,13-15H2,1H3,(H,24,26,28). The number of para-hydroxylation sites is 1. The van der Waals surface area contributed by atoms with Crippen LogP contribution in [0, 0.1) is 6.92 Å². The Morgan fingerprint density at radius 1 is 1.16 bits per heavy atom. The number of benzene rings is 2. The fourth-order valence-electron chi connectivity index (χ4n) is 3.42. The molecule has 1 fully saturated rings. The summed E-state index contributed by atoms with van der Waals surface area (Å²) < 4.78 is 5.62. The van der Waals surface area contributed by atoms with Crippen LogP contribution in [-0.4, -0.2) is 34.3 Å². The Kier molecular flexibility index (Phi) is 6.66. The summed E-state index contributed by atoms with van der Waals surface area (Å²) in [6, 6.07) is 17.9. The van der Waals surface area contributed by atoms with Crippen LogP contribution in [0.25, 0.3) is 0 Å². The number of nitrogens with one attached hydrogen (secondary N) is 1. The van der Waals surface area contributed by atoms with Gasteiger partial charge in [-0.2, -0.15) is 0 Å². The van der Waals surface area contributed by atoms with Gasteiger partial charge in [-0.05, 0) is 43.4 Å². The number of hydrogen-bond donors (Lipinski definition) is 1. The predicted octanol–water partition coefficient (Wildman–Crippen LogP) is 4.41. The minimum Gasteiger partial charge on any atom is -0.407 e. The molecule has 1 aromatic heterocycles. The van der Waals surface area contributed by atoms with Gasteiger partial charge in [0.1, 0.15) is 0 Å². The van der Waals surface area contributed by atoms with E-state index in [1.165, 1.54) is 10.5 Å². The van der Waals surface area contributed by atoms with Crippen molar-refractivity contribution < 1.29 is 14.0 Å². The van der Waals surface area contributed by atoms with E-state index in [1.807, 2.05) is 30.3 Å². The molecule has 0 aliphatic carbocycles. The van der Waals surface area contributed by atoms with Gasteiger partial charge in [-0.15, -0.1) is 16.9 Å². The molecule has 0 radical (unpaired) electrons. The highest BCUT2D eigenvalue weighted by Crippen LogP contribution is 2.31. The maximum absolute atomic E-state index is 12.4. The maximum atomic E-state index is 12.4. The molecule has 2 amide bonds. The van der Waals surface area contributed by atoms with Crippen LogP contribution in [0.5, 0.6) is 0 Å². The molecule has 31 heavy (non-hydrogen) atoms. The Morgan fingerprint density at radius 2 is 1.94 bits per heavy atom. The van der Waals surface area contributed by atoms with Crippen molar-refractivity contribution in [3.63, 3.8) is 0 Å². The Morgan fingerprint density at radius 3 is 2.71 bits per heavy atom. The van der Waals surface area contributed by atoms with Gasteiger partial charge in [-0.3, -0.25) is 14.9 Å². The minimum absolute atomic E-state index is 0.0195. The number of aromatic nitrogens is 2. The highest BCUT2D eigenvalue weighted by Gasteiger charge is 2.35. The van der Waals surface area contributed by atoms with Crippen molar-refractivity contribution in [2.45, 2.75) is 37.0 Å². The van der Waals surface area contributed by atoms with Gasteiger partial charge in [-0.1, -0.05) is 41.0 Å². The lowest BCUT2D eigenvalue weighted by atomic mass is 10.1. The van der Waals surface area contributed by atoms with Crippen molar-refractivity contribution in [3.8, 4) is 0 Å². The van der Waals surface area contributed by atoms with Gasteiger partial charge in [-0.25, -0.2) is 0 Å². The number of hydrogen-bond acceptors (Lipinski definition) is 6. The summed E-state index contributed by atoms with van der Waals surface area (Å²) in [4.78, 5) is 27.5. The van der Waals surface area contributed by atoms with Crippen LogP contribution in [0.4, 0.5) is 11.7 Å². The lowest BCUT2D eigenvalue weighted by Gasteiger charge is -2.15. The molecule has 1 atom stereocenters. The fourth-order valence-corrected chi connectivity index (χ4v) is 4.27. The van der Waals surface area contributed by atoms with Crippen LogP contribution >= 0.6 is 11.8 Å². The number of aryl methyl sites for hydroxylation is 1. The lowest BCUT2D eigenvalue weighted by Crippen LogP contribution is -2.24. The third-order valence-electron chi connectivity index (χ3n) is 5.07. The third kappa shape index (κ3) is 5.52. The van der Waals surface area contributed by atoms with Crippen molar-refractivity contribution in [1.82, 2.24) is 10.2 Å². The molecular weight excluding hydrogens is 412 g/mol. The number of nitrogens with zero attached hydrogens (tertiary/aromatic N) is 3. The molecule has 3 aromatic rings. The van der Waals surface area contributed by atoms with Crippen LogP contribution < -0.4 is 10.2 Å². The second kappa shape index (κ2) is 9.78. The molecule has 1 N–H and O–H groups in total. The van der Waals surface area contributed by atoms with Crippen molar-refractivity contribution >= 4 is 35.3 Å². The van der Waals surface area contributed by atoms with Crippen LogP contribution in [0.1, 0.15) is 36.6 Å². The molecule has 2 aromatic carbocycles. The molecule has 1 saturated heterocycles. The first-order valence-corrected chi connectivity index (χ1v) is 11.2. The zero-order chi connectivity index (χ0) is 21.6. The van der Waals surface area contributed by atoms with E-state index < -0.39 is 0 Å². The van der Waals surface area contributed by atoms with Crippen LogP contribution in [-0.2, 0) is 9.59 Å².